The molecule has 0 aliphatic carbocycles. The van der Waals surface area contributed by atoms with Crippen LogP contribution < -0.4 is 5.56 Å². The zero-order valence-corrected chi connectivity index (χ0v) is 16.0. The molecular formula is C22H23N3O3. The fourth-order valence-corrected chi connectivity index (χ4v) is 2.98. The number of methoxy groups -OCH3 is 1. The SMILES string of the molecule is COCCn1nc(C(=O)N(C)Cc2ccccc2-c2ccccc2)ccc1=O. The Morgan fingerprint density at radius 3 is 2.50 bits per heavy atom. The van der Waals surface area contributed by atoms with Crippen LogP contribution in [0.2, 0.25) is 0 Å². The minimum atomic E-state index is -0.259. The molecule has 1 amide bonds. The number of carbonyl (C=O) groups excluding carboxylic acids is 1. The Bertz CT molecular complexity index is 999. The molecule has 2 aromatic carbocycles. The third-order valence-corrected chi connectivity index (χ3v) is 4.45. The molecule has 3 aromatic rings. The van der Waals surface area contributed by atoms with Crippen LogP contribution >= 0.6 is 0 Å². The number of hydrogen-bond acceptors (Lipinski definition) is 4. The average molecular weight is 377 g/mol. The fourth-order valence-electron chi connectivity index (χ4n) is 2.98. The number of aromatic nitrogens is 2. The van der Waals surface area contributed by atoms with Crippen molar-refractivity contribution in [1.29, 1.82) is 0 Å². The summed E-state index contributed by atoms with van der Waals surface area (Å²) in [4.78, 5) is 26.3. The topological polar surface area (TPSA) is 64.4 Å². The molecule has 0 spiro atoms. The molecule has 6 heteroatoms. The van der Waals surface area contributed by atoms with E-state index in [1.807, 2.05) is 54.6 Å². The molecule has 6 nitrogen and oxygen atoms in total. The highest BCUT2D eigenvalue weighted by atomic mass is 16.5. The molecule has 0 atom stereocenters. The Kier molecular flexibility index (Phi) is 6.34. The number of rotatable bonds is 7. The Morgan fingerprint density at radius 2 is 1.75 bits per heavy atom. The summed E-state index contributed by atoms with van der Waals surface area (Å²) in [6.07, 6.45) is 0. The highest BCUT2D eigenvalue weighted by Crippen LogP contribution is 2.24. The van der Waals surface area contributed by atoms with Crippen LogP contribution in [0, 0.1) is 0 Å². The second kappa shape index (κ2) is 9.10. The number of nitrogens with zero attached hydrogens (tertiary/aromatic N) is 3. The Labute approximate surface area is 164 Å². The summed E-state index contributed by atoms with van der Waals surface area (Å²) in [5.74, 6) is -0.242. The molecule has 0 fully saturated rings. The molecule has 0 unspecified atom stereocenters. The Balaban J connectivity index is 1.82. The van der Waals surface area contributed by atoms with Crippen molar-refractivity contribution >= 4 is 5.91 Å². The van der Waals surface area contributed by atoms with Crippen molar-refractivity contribution in [2.75, 3.05) is 20.8 Å². The third kappa shape index (κ3) is 4.53. The van der Waals surface area contributed by atoms with Gasteiger partial charge in [0.05, 0.1) is 13.2 Å². The van der Waals surface area contributed by atoms with Gasteiger partial charge in [-0.2, -0.15) is 5.10 Å². The van der Waals surface area contributed by atoms with Gasteiger partial charge in [0.15, 0.2) is 0 Å². The van der Waals surface area contributed by atoms with Crippen LogP contribution in [0.3, 0.4) is 0 Å². The van der Waals surface area contributed by atoms with Crippen LogP contribution in [0.25, 0.3) is 11.1 Å². The molecule has 1 heterocycles. The number of amides is 1. The molecule has 0 N–H and O–H groups in total. The maximum Gasteiger partial charge on any atom is 0.274 e. The largest absolute Gasteiger partial charge is 0.383 e. The molecule has 0 aliphatic heterocycles. The molecule has 3 rings (SSSR count). The summed E-state index contributed by atoms with van der Waals surface area (Å²) < 4.78 is 6.24. The van der Waals surface area contributed by atoms with E-state index in [2.05, 4.69) is 5.10 Å². The van der Waals surface area contributed by atoms with E-state index in [1.54, 1.807) is 19.1 Å². The molecule has 0 saturated heterocycles. The van der Waals surface area contributed by atoms with E-state index >= 15 is 0 Å². The predicted molar refractivity (Wildman–Crippen MR) is 108 cm³/mol. The molecule has 0 aliphatic rings. The molecule has 28 heavy (non-hydrogen) atoms. The highest BCUT2D eigenvalue weighted by Gasteiger charge is 2.16. The van der Waals surface area contributed by atoms with Gasteiger partial charge < -0.3 is 9.64 Å². The van der Waals surface area contributed by atoms with E-state index in [1.165, 1.54) is 16.8 Å². The minimum Gasteiger partial charge on any atom is -0.383 e. The monoisotopic (exact) mass is 377 g/mol. The molecule has 144 valence electrons. The van der Waals surface area contributed by atoms with Gasteiger partial charge in [-0.1, -0.05) is 54.6 Å². The maximum atomic E-state index is 12.9. The van der Waals surface area contributed by atoms with Crippen LogP contribution in [0.4, 0.5) is 0 Å². The first-order chi connectivity index (χ1) is 13.6. The van der Waals surface area contributed by atoms with E-state index in [0.29, 0.717) is 19.7 Å². The lowest BCUT2D eigenvalue weighted by molar-refractivity contribution is 0.0775. The second-order valence-corrected chi connectivity index (χ2v) is 6.46. The maximum absolute atomic E-state index is 12.9. The van der Waals surface area contributed by atoms with E-state index in [9.17, 15) is 9.59 Å². The summed E-state index contributed by atoms with van der Waals surface area (Å²) in [7, 11) is 3.29. The summed E-state index contributed by atoms with van der Waals surface area (Å²) in [6.45, 7) is 1.09. The van der Waals surface area contributed by atoms with Gasteiger partial charge in [-0.3, -0.25) is 9.59 Å². The Hall–Kier alpha value is -3.25. The molecule has 0 saturated carbocycles. The highest BCUT2D eigenvalue weighted by molar-refractivity contribution is 5.92. The van der Waals surface area contributed by atoms with Crippen LogP contribution in [-0.2, 0) is 17.8 Å². The van der Waals surface area contributed by atoms with Gasteiger partial charge in [-0.05, 0) is 22.8 Å². The van der Waals surface area contributed by atoms with Crippen molar-refractivity contribution in [1.82, 2.24) is 14.7 Å². The quantitative estimate of drug-likeness (QED) is 0.635. The molecular weight excluding hydrogens is 354 g/mol. The lowest BCUT2D eigenvalue weighted by atomic mass is 9.99. The Morgan fingerprint density at radius 1 is 1.04 bits per heavy atom. The predicted octanol–water partition coefficient (Wildman–Crippen LogP) is 2.83. The number of carbonyl (C=O) groups is 1. The van der Waals surface area contributed by atoms with Crippen molar-refractivity contribution in [3.05, 3.63) is 88.3 Å². The first-order valence-electron chi connectivity index (χ1n) is 9.06. The zero-order chi connectivity index (χ0) is 19.9. The summed E-state index contributed by atoms with van der Waals surface area (Å²) in [6, 6.07) is 20.9. The smallest absolute Gasteiger partial charge is 0.274 e. The van der Waals surface area contributed by atoms with Gasteiger partial charge in [0.25, 0.3) is 11.5 Å². The first-order valence-corrected chi connectivity index (χ1v) is 9.06. The fraction of sp³-hybridized carbons (Fsp3) is 0.227. The summed E-state index contributed by atoms with van der Waals surface area (Å²) in [5.41, 5.74) is 3.20. The van der Waals surface area contributed by atoms with Gasteiger partial charge in [-0.25, -0.2) is 4.68 Å². The van der Waals surface area contributed by atoms with Crippen molar-refractivity contribution in [3.63, 3.8) is 0 Å². The molecule has 1 aromatic heterocycles. The van der Waals surface area contributed by atoms with Crippen molar-refractivity contribution in [2.24, 2.45) is 0 Å². The molecule has 0 radical (unpaired) electrons. The van der Waals surface area contributed by atoms with E-state index in [4.69, 9.17) is 4.74 Å². The van der Waals surface area contributed by atoms with Gasteiger partial charge in [-0.15, -0.1) is 0 Å². The number of benzene rings is 2. The van der Waals surface area contributed by atoms with E-state index < -0.39 is 0 Å². The van der Waals surface area contributed by atoms with Gasteiger partial charge >= 0.3 is 0 Å². The number of hydrogen-bond donors (Lipinski definition) is 0. The normalized spacial score (nSPS) is 10.6. The van der Waals surface area contributed by atoms with E-state index in [-0.39, 0.29) is 17.2 Å². The van der Waals surface area contributed by atoms with Crippen LogP contribution in [0.15, 0.2) is 71.5 Å². The number of ether oxygens (including phenoxy) is 1. The van der Waals surface area contributed by atoms with E-state index in [0.717, 1.165) is 16.7 Å². The zero-order valence-electron chi connectivity index (χ0n) is 16.0. The van der Waals surface area contributed by atoms with Crippen molar-refractivity contribution in [3.8, 4) is 11.1 Å². The standard InChI is InChI=1S/C22H23N3O3/c1-24(22(27)20-12-13-21(26)25(23-20)14-15-28-2)16-18-10-6-7-11-19(18)17-8-4-3-5-9-17/h3-13H,14-16H2,1-2H3. The lowest BCUT2D eigenvalue weighted by Crippen LogP contribution is -2.31. The van der Waals surface area contributed by atoms with Crippen LogP contribution in [0.1, 0.15) is 16.1 Å². The van der Waals surface area contributed by atoms with Crippen LogP contribution in [0.5, 0.6) is 0 Å². The van der Waals surface area contributed by atoms with Crippen molar-refractivity contribution in [2.45, 2.75) is 13.1 Å². The lowest BCUT2D eigenvalue weighted by Gasteiger charge is -2.19. The minimum absolute atomic E-state index is 0.232. The first kappa shape index (κ1) is 19.5. The molecule has 0 bridgehead atoms. The van der Waals surface area contributed by atoms with Gasteiger partial charge in [0, 0.05) is 26.8 Å². The van der Waals surface area contributed by atoms with Crippen LogP contribution in [-0.4, -0.2) is 41.4 Å². The average Bonchev–Trinajstić information content (AvgIpc) is 2.73. The second-order valence-electron chi connectivity index (χ2n) is 6.46. The van der Waals surface area contributed by atoms with Gasteiger partial charge in [0.2, 0.25) is 0 Å². The van der Waals surface area contributed by atoms with Crippen molar-refractivity contribution < 1.29 is 9.53 Å². The summed E-state index contributed by atoms with van der Waals surface area (Å²) >= 11 is 0. The third-order valence-electron chi connectivity index (χ3n) is 4.45. The van der Waals surface area contributed by atoms with Gasteiger partial charge in [0.1, 0.15) is 5.69 Å². The summed E-state index contributed by atoms with van der Waals surface area (Å²) in [5, 5.41) is 4.19.